The number of amides is 1. The lowest BCUT2D eigenvalue weighted by atomic mass is 10.1. The molecule has 0 aliphatic rings. The first kappa shape index (κ1) is 17.7. The average molecular weight is 313 g/mol. The molecule has 0 atom stereocenters. The maximum atomic E-state index is 12.5. The minimum absolute atomic E-state index is 0.144. The number of rotatable bonds is 2. The molecule has 0 aliphatic heterocycles. The molecule has 2 aromatic rings. The molecule has 0 saturated carbocycles. The van der Waals surface area contributed by atoms with Crippen LogP contribution >= 0.6 is 0 Å². The van der Waals surface area contributed by atoms with E-state index in [1.54, 1.807) is 32.3 Å². The van der Waals surface area contributed by atoms with Crippen molar-refractivity contribution in [3.63, 3.8) is 0 Å². The highest BCUT2D eigenvalue weighted by atomic mass is 19.4. The Morgan fingerprint density at radius 1 is 1.18 bits per heavy atom. The van der Waals surface area contributed by atoms with Crippen molar-refractivity contribution in [1.29, 1.82) is 0 Å². The number of aromatic nitrogens is 2. The van der Waals surface area contributed by atoms with Crippen LogP contribution in [0.1, 0.15) is 29.9 Å². The summed E-state index contributed by atoms with van der Waals surface area (Å²) in [4.78, 5) is 13.2. The van der Waals surface area contributed by atoms with E-state index in [-0.39, 0.29) is 11.6 Å². The van der Waals surface area contributed by atoms with E-state index in [2.05, 4.69) is 5.10 Å². The van der Waals surface area contributed by atoms with Crippen molar-refractivity contribution in [2.45, 2.75) is 20.0 Å². The standard InChI is InChI=1S/C13H12F3N3O.C2H6/c1-19(2)12(20)9-5-3-4-8(6-9)10-7-11(18-17-10)13(14,15)16;1-2/h3-7H,1-2H3,(H,17,18);1-2H3. The largest absolute Gasteiger partial charge is 0.432 e. The molecule has 0 bridgehead atoms. The van der Waals surface area contributed by atoms with Gasteiger partial charge in [-0.3, -0.25) is 9.89 Å². The SMILES string of the molecule is CC.CN(C)C(=O)c1cccc(-c2cc(C(F)(F)F)[nH]n2)c1. The molecular weight excluding hydrogens is 295 g/mol. The van der Waals surface area contributed by atoms with E-state index in [0.29, 0.717) is 11.1 Å². The molecule has 7 heteroatoms. The van der Waals surface area contributed by atoms with Crippen molar-refractivity contribution < 1.29 is 18.0 Å². The lowest BCUT2D eigenvalue weighted by Gasteiger charge is -2.10. The number of carbonyl (C=O) groups excluding carboxylic acids is 1. The topological polar surface area (TPSA) is 49.0 Å². The molecule has 0 spiro atoms. The van der Waals surface area contributed by atoms with Crippen LogP contribution in [0.25, 0.3) is 11.3 Å². The van der Waals surface area contributed by atoms with Gasteiger partial charge in [-0.2, -0.15) is 18.3 Å². The Morgan fingerprint density at radius 3 is 2.32 bits per heavy atom. The fourth-order valence-corrected chi connectivity index (χ4v) is 1.68. The van der Waals surface area contributed by atoms with E-state index in [4.69, 9.17) is 0 Å². The highest BCUT2D eigenvalue weighted by Gasteiger charge is 2.33. The summed E-state index contributed by atoms with van der Waals surface area (Å²) in [5.74, 6) is -0.224. The van der Waals surface area contributed by atoms with E-state index in [0.717, 1.165) is 6.07 Å². The van der Waals surface area contributed by atoms with Crippen LogP contribution in [0.3, 0.4) is 0 Å². The summed E-state index contributed by atoms with van der Waals surface area (Å²) in [6, 6.07) is 7.23. The lowest BCUT2D eigenvalue weighted by Crippen LogP contribution is -2.21. The number of aromatic amines is 1. The first-order valence-electron chi connectivity index (χ1n) is 6.74. The molecule has 0 saturated heterocycles. The summed E-state index contributed by atoms with van der Waals surface area (Å²) in [6.07, 6.45) is -4.47. The van der Waals surface area contributed by atoms with Crippen LogP contribution in [0, 0.1) is 0 Å². The Bertz CT molecular complexity index is 633. The van der Waals surface area contributed by atoms with E-state index >= 15 is 0 Å². The van der Waals surface area contributed by atoms with Gasteiger partial charge in [0.05, 0.1) is 5.69 Å². The first-order valence-corrected chi connectivity index (χ1v) is 6.74. The number of benzene rings is 1. The summed E-state index contributed by atoms with van der Waals surface area (Å²) < 4.78 is 37.5. The predicted molar refractivity (Wildman–Crippen MR) is 78.4 cm³/mol. The minimum Gasteiger partial charge on any atom is -0.345 e. The van der Waals surface area contributed by atoms with E-state index < -0.39 is 11.9 Å². The van der Waals surface area contributed by atoms with Crippen LogP contribution in [0.5, 0.6) is 0 Å². The monoisotopic (exact) mass is 313 g/mol. The summed E-state index contributed by atoms with van der Waals surface area (Å²) in [5.41, 5.74) is 0.0658. The number of carbonyl (C=O) groups is 1. The van der Waals surface area contributed by atoms with Gasteiger partial charge in [0.1, 0.15) is 5.69 Å². The van der Waals surface area contributed by atoms with Crippen molar-refractivity contribution in [3.05, 3.63) is 41.6 Å². The summed E-state index contributed by atoms with van der Waals surface area (Å²) in [5, 5.41) is 5.57. The van der Waals surface area contributed by atoms with Crippen molar-refractivity contribution in [1.82, 2.24) is 15.1 Å². The Kier molecular flexibility index (Phi) is 5.73. The smallest absolute Gasteiger partial charge is 0.345 e. The molecule has 1 heterocycles. The number of hydrogen-bond acceptors (Lipinski definition) is 2. The minimum atomic E-state index is -4.47. The van der Waals surface area contributed by atoms with Gasteiger partial charge in [-0.05, 0) is 18.2 Å². The zero-order valence-corrected chi connectivity index (χ0v) is 12.8. The van der Waals surface area contributed by atoms with Crippen LogP contribution in [0.15, 0.2) is 30.3 Å². The molecule has 22 heavy (non-hydrogen) atoms. The van der Waals surface area contributed by atoms with E-state index in [1.165, 1.54) is 11.0 Å². The van der Waals surface area contributed by atoms with Gasteiger partial charge in [-0.15, -0.1) is 0 Å². The summed E-state index contributed by atoms with van der Waals surface area (Å²) in [6.45, 7) is 4.00. The molecule has 0 fully saturated rings. The van der Waals surface area contributed by atoms with Gasteiger partial charge in [-0.25, -0.2) is 0 Å². The molecule has 1 N–H and O–H groups in total. The molecule has 1 amide bonds. The highest BCUT2D eigenvalue weighted by molar-refractivity contribution is 5.95. The Balaban J connectivity index is 0.00000116. The van der Waals surface area contributed by atoms with Gasteiger partial charge < -0.3 is 4.90 Å². The van der Waals surface area contributed by atoms with Crippen molar-refractivity contribution >= 4 is 5.91 Å². The van der Waals surface area contributed by atoms with Gasteiger partial charge in [-0.1, -0.05) is 26.0 Å². The first-order chi connectivity index (χ1) is 10.3. The number of alkyl halides is 3. The molecule has 0 aliphatic carbocycles. The number of hydrogen-bond donors (Lipinski definition) is 1. The third-order valence-corrected chi connectivity index (χ3v) is 2.69. The quantitative estimate of drug-likeness (QED) is 0.916. The Labute approximate surface area is 126 Å². The summed E-state index contributed by atoms with van der Waals surface area (Å²) in [7, 11) is 3.20. The van der Waals surface area contributed by atoms with Crippen LogP contribution in [-0.2, 0) is 6.18 Å². The maximum Gasteiger partial charge on any atom is 0.432 e. The van der Waals surface area contributed by atoms with Crippen molar-refractivity contribution in [2.24, 2.45) is 0 Å². The zero-order valence-electron chi connectivity index (χ0n) is 12.8. The molecular formula is C15H18F3N3O. The predicted octanol–water partition coefficient (Wildman–Crippen LogP) is 3.82. The third-order valence-electron chi connectivity index (χ3n) is 2.69. The van der Waals surface area contributed by atoms with Gasteiger partial charge in [0.2, 0.25) is 0 Å². The van der Waals surface area contributed by atoms with Gasteiger partial charge >= 0.3 is 6.18 Å². The second-order valence-corrected chi connectivity index (χ2v) is 4.45. The van der Waals surface area contributed by atoms with Crippen molar-refractivity contribution in [2.75, 3.05) is 14.1 Å². The molecule has 2 rings (SSSR count). The third kappa shape index (κ3) is 4.09. The molecule has 0 unspecified atom stereocenters. The lowest BCUT2D eigenvalue weighted by molar-refractivity contribution is -0.141. The molecule has 0 radical (unpaired) electrons. The fraction of sp³-hybridized carbons (Fsp3) is 0.333. The number of nitrogens with zero attached hydrogens (tertiary/aromatic N) is 2. The molecule has 4 nitrogen and oxygen atoms in total. The molecule has 120 valence electrons. The maximum absolute atomic E-state index is 12.5. The second-order valence-electron chi connectivity index (χ2n) is 4.45. The number of halogens is 3. The second kappa shape index (κ2) is 7.11. The van der Waals surface area contributed by atoms with Crippen LogP contribution in [0.4, 0.5) is 13.2 Å². The normalized spacial score (nSPS) is 10.7. The van der Waals surface area contributed by atoms with Crippen LogP contribution < -0.4 is 0 Å². The fourth-order valence-electron chi connectivity index (χ4n) is 1.68. The van der Waals surface area contributed by atoms with Gasteiger partial charge in [0.25, 0.3) is 5.91 Å². The Hall–Kier alpha value is -2.31. The van der Waals surface area contributed by atoms with Gasteiger partial charge in [0, 0.05) is 25.2 Å². The van der Waals surface area contributed by atoms with Crippen LogP contribution in [0.2, 0.25) is 0 Å². The van der Waals surface area contributed by atoms with Crippen molar-refractivity contribution in [3.8, 4) is 11.3 Å². The van der Waals surface area contributed by atoms with E-state index in [1.807, 2.05) is 18.9 Å². The highest BCUT2D eigenvalue weighted by Crippen LogP contribution is 2.30. The number of H-pyrrole nitrogens is 1. The molecule has 1 aromatic carbocycles. The average Bonchev–Trinajstić information content (AvgIpc) is 2.98. The number of nitrogens with one attached hydrogen (secondary N) is 1. The van der Waals surface area contributed by atoms with Gasteiger partial charge in [0.15, 0.2) is 0 Å². The summed E-state index contributed by atoms with van der Waals surface area (Å²) >= 11 is 0. The Morgan fingerprint density at radius 2 is 1.82 bits per heavy atom. The zero-order chi connectivity index (χ0) is 16.9. The van der Waals surface area contributed by atoms with Crippen LogP contribution in [-0.4, -0.2) is 35.1 Å². The molecule has 1 aromatic heterocycles. The van der Waals surface area contributed by atoms with E-state index in [9.17, 15) is 18.0 Å².